The highest BCUT2D eigenvalue weighted by atomic mass is 16.6. The Kier molecular flexibility index (Phi) is 5.32. The van der Waals surface area contributed by atoms with Gasteiger partial charge in [0.1, 0.15) is 17.2 Å². The smallest absolute Gasteiger partial charge is 0.311 e. The summed E-state index contributed by atoms with van der Waals surface area (Å²) in [5, 5.41) is 20.3. The third-order valence-corrected chi connectivity index (χ3v) is 3.69. The quantitative estimate of drug-likeness (QED) is 0.383. The molecule has 136 valence electrons. The van der Waals surface area contributed by atoms with E-state index in [1.165, 1.54) is 18.3 Å². The van der Waals surface area contributed by atoms with Crippen LogP contribution >= 0.6 is 0 Å². The lowest BCUT2D eigenvalue weighted by atomic mass is 10.2. The van der Waals surface area contributed by atoms with E-state index in [0.29, 0.717) is 22.7 Å². The molecule has 0 heterocycles. The van der Waals surface area contributed by atoms with Crippen molar-refractivity contribution in [3.8, 4) is 23.0 Å². The molecule has 0 aliphatic rings. The van der Waals surface area contributed by atoms with Gasteiger partial charge in [-0.1, -0.05) is 0 Å². The maximum Gasteiger partial charge on any atom is 0.311 e. The minimum atomic E-state index is -0.641. The van der Waals surface area contributed by atoms with Crippen LogP contribution in [0.3, 0.4) is 0 Å². The average Bonchev–Trinajstić information content (AvgIpc) is 2.69. The standard InChI is InChI=1S/C20H16N2O5/c1-26-16-7-9-18(10-8-16)27-17-5-3-15(4-6-17)21-13-14-2-11-20(23)19(12-14)22(24)25/h2-13,23H,1H3. The molecule has 0 saturated carbocycles. The van der Waals surface area contributed by atoms with E-state index < -0.39 is 4.92 Å². The average molecular weight is 364 g/mol. The molecule has 3 aromatic carbocycles. The van der Waals surface area contributed by atoms with Crippen LogP contribution < -0.4 is 9.47 Å². The summed E-state index contributed by atoms with van der Waals surface area (Å²) >= 11 is 0. The summed E-state index contributed by atoms with van der Waals surface area (Å²) in [5.41, 5.74) is 0.813. The van der Waals surface area contributed by atoms with Gasteiger partial charge < -0.3 is 14.6 Å². The number of aromatic hydroxyl groups is 1. The predicted molar refractivity (Wildman–Crippen MR) is 102 cm³/mol. The van der Waals surface area contributed by atoms with Gasteiger partial charge in [0, 0.05) is 12.3 Å². The summed E-state index contributed by atoms with van der Waals surface area (Å²) in [5.74, 6) is 1.71. The molecule has 1 N–H and O–H groups in total. The number of hydrogen-bond acceptors (Lipinski definition) is 6. The molecule has 0 spiro atoms. The van der Waals surface area contributed by atoms with Crippen LogP contribution in [0.25, 0.3) is 0 Å². The minimum absolute atomic E-state index is 0.359. The first-order valence-corrected chi connectivity index (χ1v) is 7.98. The highest BCUT2D eigenvalue weighted by Gasteiger charge is 2.12. The number of hydrogen-bond donors (Lipinski definition) is 1. The number of aliphatic imine (C=N–C) groups is 1. The van der Waals surface area contributed by atoms with Gasteiger partial charge >= 0.3 is 5.69 Å². The van der Waals surface area contributed by atoms with E-state index in [9.17, 15) is 15.2 Å². The molecule has 7 heteroatoms. The van der Waals surface area contributed by atoms with E-state index in [1.807, 2.05) is 24.3 Å². The molecule has 7 nitrogen and oxygen atoms in total. The van der Waals surface area contributed by atoms with Crippen LogP contribution in [-0.4, -0.2) is 23.4 Å². The van der Waals surface area contributed by atoms with E-state index in [-0.39, 0.29) is 11.4 Å². The second-order valence-electron chi connectivity index (χ2n) is 5.53. The van der Waals surface area contributed by atoms with Crippen LogP contribution in [0.1, 0.15) is 5.56 Å². The number of rotatable bonds is 6. The molecule has 3 rings (SSSR count). The van der Waals surface area contributed by atoms with Gasteiger partial charge in [0.25, 0.3) is 0 Å². The third-order valence-electron chi connectivity index (χ3n) is 3.69. The topological polar surface area (TPSA) is 94.2 Å². The van der Waals surface area contributed by atoms with Crippen LogP contribution in [0.4, 0.5) is 11.4 Å². The summed E-state index contributed by atoms with van der Waals surface area (Å²) in [6.07, 6.45) is 1.49. The second-order valence-corrected chi connectivity index (χ2v) is 5.53. The van der Waals surface area contributed by atoms with Gasteiger partial charge in [-0.25, -0.2) is 0 Å². The normalized spacial score (nSPS) is 10.7. The van der Waals surface area contributed by atoms with Crippen molar-refractivity contribution in [2.75, 3.05) is 7.11 Å². The summed E-state index contributed by atoms with van der Waals surface area (Å²) in [6.45, 7) is 0. The number of nitro benzene ring substituents is 1. The number of nitro groups is 1. The summed E-state index contributed by atoms with van der Waals surface area (Å²) in [7, 11) is 1.60. The van der Waals surface area contributed by atoms with Gasteiger partial charge in [-0.15, -0.1) is 0 Å². The van der Waals surface area contributed by atoms with Gasteiger partial charge in [0.2, 0.25) is 0 Å². The fourth-order valence-corrected chi connectivity index (χ4v) is 2.30. The Morgan fingerprint density at radius 1 is 0.963 bits per heavy atom. The number of nitrogens with zero attached hydrogens (tertiary/aromatic N) is 2. The van der Waals surface area contributed by atoms with Gasteiger partial charge in [-0.3, -0.25) is 15.1 Å². The van der Waals surface area contributed by atoms with E-state index in [4.69, 9.17) is 9.47 Å². The SMILES string of the molecule is COc1ccc(Oc2ccc(N=Cc3ccc(O)c([N+](=O)[O-])c3)cc2)cc1. The molecule has 0 aliphatic heterocycles. The number of phenolic OH excluding ortho intramolecular Hbond substituents is 1. The van der Waals surface area contributed by atoms with Crippen LogP contribution in [0.15, 0.2) is 71.7 Å². The Morgan fingerprint density at radius 2 is 1.56 bits per heavy atom. The highest BCUT2D eigenvalue weighted by Crippen LogP contribution is 2.27. The molecular formula is C20H16N2O5. The zero-order valence-corrected chi connectivity index (χ0v) is 14.4. The van der Waals surface area contributed by atoms with Crippen molar-refractivity contribution in [2.24, 2.45) is 4.99 Å². The fraction of sp³-hybridized carbons (Fsp3) is 0.0500. The van der Waals surface area contributed by atoms with Crippen molar-refractivity contribution in [2.45, 2.75) is 0 Å². The monoisotopic (exact) mass is 364 g/mol. The van der Waals surface area contributed by atoms with Crippen molar-refractivity contribution >= 4 is 17.6 Å². The molecule has 0 fully saturated rings. The molecule has 0 aromatic heterocycles. The zero-order chi connectivity index (χ0) is 19.2. The maximum absolute atomic E-state index is 10.9. The zero-order valence-electron chi connectivity index (χ0n) is 14.4. The molecule has 3 aromatic rings. The number of methoxy groups -OCH3 is 1. The second kappa shape index (κ2) is 8.01. The Bertz CT molecular complexity index is 967. The summed E-state index contributed by atoms with van der Waals surface area (Å²) in [6, 6.07) is 18.4. The number of phenols is 1. The number of ether oxygens (including phenoxy) is 2. The van der Waals surface area contributed by atoms with Crippen molar-refractivity contribution in [1.29, 1.82) is 0 Å². The van der Waals surface area contributed by atoms with Gasteiger partial charge in [0.05, 0.1) is 17.7 Å². The molecule has 27 heavy (non-hydrogen) atoms. The number of benzene rings is 3. The van der Waals surface area contributed by atoms with Gasteiger partial charge in [-0.05, 0) is 66.2 Å². The highest BCUT2D eigenvalue weighted by molar-refractivity contribution is 5.83. The van der Waals surface area contributed by atoms with Gasteiger partial charge in [-0.2, -0.15) is 0 Å². The molecular weight excluding hydrogens is 348 g/mol. The summed E-state index contributed by atoms with van der Waals surface area (Å²) < 4.78 is 10.8. The lowest BCUT2D eigenvalue weighted by Gasteiger charge is -2.06. The van der Waals surface area contributed by atoms with E-state index in [0.717, 1.165) is 5.75 Å². The van der Waals surface area contributed by atoms with E-state index in [1.54, 1.807) is 37.4 Å². The molecule has 0 amide bonds. The first-order valence-electron chi connectivity index (χ1n) is 7.98. The van der Waals surface area contributed by atoms with Crippen LogP contribution in [0.5, 0.6) is 23.0 Å². The molecule has 0 unspecified atom stereocenters. The summed E-state index contributed by atoms with van der Waals surface area (Å²) in [4.78, 5) is 14.5. The first kappa shape index (κ1) is 17.9. The predicted octanol–water partition coefficient (Wildman–Crippen LogP) is 4.85. The van der Waals surface area contributed by atoms with Crippen molar-refractivity contribution in [1.82, 2.24) is 0 Å². The Hall–Kier alpha value is -3.87. The van der Waals surface area contributed by atoms with Crippen molar-refractivity contribution in [3.63, 3.8) is 0 Å². The van der Waals surface area contributed by atoms with Crippen molar-refractivity contribution < 1.29 is 19.5 Å². The van der Waals surface area contributed by atoms with Crippen LogP contribution in [0, 0.1) is 10.1 Å². The molecule has 0 bridgehead atoms. The Balaban J connectivity index is 1.69. The van der Waals surface area contributed by atoms with Crippen LogP contribution in [-0.2, 0) is 0 Å². The minimum Gasteiger partial charge on any atom is -0.502 e. The molecule has 0 aliphatic carbocycles. The van der Waals surface area contributed by atoms with Crippen molar-refractivity contribution in [3.05, 3.63) is 82.4 Å². The lowest BCUT2D eigenvalue weighted by Crippen LogP contribution is -1.90. The van der Waals surface area contributed by atoms with E-state index in [2.05, 4.69) is 4.99 Å². The lowest BCUT2D eigenvalue weighted by molar-refractivity contribution is -0.385. The molecule has 0 saturated heterocycles. The van der Waals surface area contributed by atoms with Gasteiger partial charge in [0.15, 0.2) is 5.75 Å². The Morgan fingerprint density at radius 3 is 2.15 bits per heavy atom. The maximum atomic E-state index is 10.9. The molecule has 0 radical (unpaired) electrons. The third kappa shape index (κ3) is 4.60. The Labute approximate surface area is 155 Å². The fourth-order valence-electron chi connectivity index (χ4n) is 2.30. The largest absolute Gasteiger partial charge is 0.502 e. The van der Waals surface area contributed by atoms with E-state index >= 15 is 0 Å². The van der Waals surface area contributed by atoms with Crippen LogP contribution in [0.2, 0.25) is 0 Å². The molecule has 0 atom stereocenters. The first-order chi connectivity index (χ1) is 13.0.